The van der Waals surface area contributed by atoms with Crippen molar-refractivity contribution in [3.8, 4) is 17.7 Å². The Balaban J connectivity index is 2.41. The van der Waals surface area contributed by atoms with Crippen molar-refractivity contribution in [2.45, 2.75) is 0 Å². The molecule has 0 aliphatic carbocycles. The van der Waals surface area contributed by atoms with Crippen LogP contribution in [0.2, 0.25) is 5.02 Å². The predicted octanol–water partition coefficient (Wildman–Crippen LogP) is 4.30. The van der Waals surface area contributed by atoms with Gasteiger partial charge >= 0.3 is 0 Å². The Labute approximate surface area is 116 Å². The van der Waals surface area contributed by atoms with Crippen molar-refractivity contribution < 1.29 is 9.13 Å². The van der Waals surface area contributed by atoms with E-state index in [1.165, 1.54) is 24.4 Å². The summed E-state index contributed by atoms with van der Waals surface area (Å²) in [6, 6.07) is 7.59. The lowest BCUT2D eigenvalue weighted by atomic mass is 10.3. The fourth-order valence-corrected chi connectivity index (χ4v) is 1.77. The average molecular weight is 328 g/mol. The van der Waals surface area contributed by atoms with Gasteiger partial charge in [0.25, 0.3) is 0 Å². The van der Waals surface area contributed by atoms with Crippen LogP contribution >= 0.6 is 27.5 Å². The molecule has 1 aromatic carbocycles. The standard InChI is InChI=1S/C12H5BrClFN2O/c13-8-1-2-9(15)10(5-8)18-12-11(14)7(6-16)3-4-17-12/h1-5H. The van der Waals surface area contributed by atoms with E-state index in [0.717, 1.165) is 0 Å². The zero-order valence-corrected chi connectivity index (χ0v) is 11.2. The van der Waals surface area contributed by atoms with Crippen LogP contribution in [0.15, 0.2) is 34.9 Å². The van der Waals surface area contributed by atoms with E-state index in [-0.39, 0.29) is 22.2 Å². The molecule has 0 unspecified atom stereocenters. The molecule has 0 aliphatic rings. The number of ether oxygens (including phenoxy) is 1. The zero-order valence-electron chi connectivity index (χ0n) is 8.82. The second-order valence-corrected chi connectivity index (χ2v) is 4.56. The molecule has 1 heterocycles. The first-order valence-corrected chi connectivity index (χ1v) is 5.96. The summed E-state index contributed by atoms with van der Waals surface area (Å²) in [6.45, 7) is 0. The highest BCUT2D eigenvalue weighted by atomic mass is 79.9. The fraction of sp³-hybridized carbons (Fsp3) is 0. The topological polar surface area (TPSA) is 45.9 Å². The summed E-state index contributed by atoms with van der Waals surface area (Å²) in [5.74, 6) is -0.569. The van der Waals surface area contributed by atoms with Crippen LogP contribution in [0.4, 0.5) is 4.39 Å². The average Bonchev–Trinajstić information content (AvgIpc) is 2.36. The van der Waals surface area contributed by atoms with Crippen molar-refractivity contribution in [2.75, 3.05) is 0 Å². The molecule has 0 radical (unpaired) electrons. The van der Waals surface area contributed by atoms with Crippen LogP contribution in [-0.2, 0) is 0 Å². The van der Waals surface area contributed by atoms with Gasteiger partial charge in [-0.25, -0.2) is 9.37 Å². The summed E-state index contributed by atoms with van der Waals surface area (Å²) in [5, 5.41) is 8.86. The number of aromatic nitrogens is 1. The van der Waals surface area contributed by atoms with Crippen LogP contribution in [-0.4, -0.2) is 4.98 Å². The molecule has 2 aromatic rings. The van der Waals surface area contributed by atoms with E-state index in [1.54, 1.807) is 6.07 Å². The molecule has 18 heavy (non-hydrogen) atoms. The van der Waals surface area contributed by atoms with Gasteiger partial charge in [-0.1, -0.05) is 27.5 Å². The Morgan fingerprint density at radius 1 is 1.39 bits per heavy atom. The second-order valence-electron chi connectivity index (χ2n) is 3.27. The summed E-state index contributed by atoms with van der Waals surface area (Å²) >= 11 is 9.11. The molecule has 1 aromatic heterocycles. The SMILES string of the molecule is N#Cc1ccnc(Oc2cc(Br)ccc2F)c1Cl. The molecule has 0 amide bonds. The van der Waals surface area contributed by atoms with Gasteiger partial charge < -0.3 is 4.74 Å². The van der Waals surface area contributed by atoms with Crippen LogP contribution < -0.4 is 4.74 Å². The van der Waals surface area contributed by atoms with Gasteiger partial charge in [0.1, 0.15) is 11.1 Å². The molecular formula is C12H5BrClFN2O. The third-order valence-electron chi connectivity index (χ3n) is 2.08. The fourth-order valence-electron chi connectivity index (χ4n) is 1.24. The molecule has 6 heteroatoms. The van der Waals surface area contributed by atoms with Gasteiger partial charge in [-0.2, -0.15) is 5.26 Å². The van der Waals surface area contributed by atoms with E-state index in [2.05, 4.69) is 20.9 Å². The minimum atomic E-state index is -0.543. The number of halogens is 3. The lowest BCUT2D eigenvalue weighted by Crippen LogP contribution is -1.93. The van der Waals surface area contributed by atoms with Crippen LogP contribution in [0.25, 0.3) is 0 Å². The highest BCUT2D eigenvalue weighted by Crippen LogP contribution is 2.32. The number of pyridine rings is 1. The number of hydrogen-bond donors (Lipinski definition) is 0. The summed E-state index contributed by atoms with van der Waals surface area (Å²) in [4.78, 5) is 3.87. The van der Waals surface area contributed by atoms with Crippen LogP contribution in [0.3, 0.4) is 0 Å². The molecule has 0 saturated heterocycles. The molecule has 90 valence electrons. The van der Waals surface area contributed by atoms with Gasteiger partial charge in [0.2, 0.25) is 5.88 Å². The predicted molar refractivity (Wildman–Crippen MR) is 68.1 cm³/mol. The highest BCUT2D eigenvalue weighted by Gasteiger charge is 2.12. The molecule has 0 saturated carbocycles. The Bertz CT molecular complexity index is 642. The van der Waals surface area contributed by atoms with E-state index in [9.17, 15) is 4.39 Å². The van der Waals surface area contributed by atoms with Gasteiger partial charge in [-0.3, -0.25) is 0 Å². The number of rotatable bonds is 2. The molecule has 0 atom stereocenters. The molecule has 0 fully saturated rings. The number of benzene rings is 1. The normalized spacial score (nSPS) is 9.89. The first-order chi connectivity index (χ1) is 8.61. The van der Waals surface area contributed by atoms with Crippen molar-refractivity contribution in [1.82, 2.24) is 4.98 Å². The quantitative estimate of drug-likeness (QED) is 0.826. The molecule has 0 N–H and O–H groups in total. The minimum absolute atomic E-state index is 0.00674. The van der Waals surface area contributed by atoms with E-state index in [1.807, 2.05) is 6.07 Å². The van der Waals surface area contributed by atoms with Crippen molar-refractivity contribution in [2.24, 2.45) is 0 Å². The van der Waals surface area contributed by atoms with Gasteiger partial charge in [-0.15, -0.1) is 0 Å². The van der Waals surface area contributed by atoms with Crippen LogP contribution in [0.1, 0.15) is 5.56 Å². The molecule has 0 aliphatic heterocycles. The summed E-state index contributed by atoms with van der Waals surface area (Å²) in [7, 11) is 0. The lowest BCUT2D eigenvalue weighted by molar-refractivity contribution is 0.427. The molecule has 3 nitrogen and oxygen atoms in total. The first-order valence-electron chi connectivity index (χ1n) is 4.79. The lowest BCUT2D eigenvalue weighted by Gasteiger charge is -2.08. The largest absolute Gasteiger partial charge is 0.434 e. The van der Waals surface area contributed by atoms with E-state index >= 15 is 0 Å². The van der Waals surface area contributed by atoms with Crippen molar-refractivity contribution in [1.29, 1.82) is 5.26 Å². The Morgan fingerprint density at radius 2 is 2.17 bits per heavy atom. The van der Waals surface area contributed by atoms with Crippen LogP contribution in [0.5, 0.6) is 11.6 Å². The molecule has 2 rings (SSSR count). The van der Waals surface area contributed by atoms with Crippen molar-refractivity contribution in [3.05, 3.63) is 51.3 Å². The van der Waals surface area contributed by atoms with Gasteiger partial charge in [0, 0.05) is 10.7 Å². The molecule has 0 bridgehead atoms. The van der Waals surface area contributed by atoms with Gasteiger partial charge in [0.15, 0.2) is 11.6 Å². The maximum atomic E-state index is 13.5. The summed E-state index contributed by atoms with van der Waals surface area (Å²) < 4.78 is 19.4. The van der Waals surface area contributed by atoms with Gasteiger partial charge in [-0.05, 0) is 24.3 Å². The number of nitriles is 1. The first kappa shape index (κ1) is 12.8. The molecular weight excluding hydrogens is 322 g/mol. The maximum absolute atomic E-state index is 13.5. The van der Waals surface area contributed by atoms with E-state index < -0.39 is 5.82 Å². The Kier molecular flexibility index (Phi) is 3.80. The zero-order chi connectivity index (χ0) is 13.1. The van der Waals surface area contributed by atoms with E-state index in [0.29, 0.717) is 4.47 Å². The third-order valence-corrected chi connectivity index (χ3v) is 2.94. The third kappa shape index (κ3) is 2.61. The van der Waals surface area contributed by atoms with Crippen molar-refractivity contribution >= 4 is 27.5 Å². The smallest absolute Gasteiger partial charge is 0.239 e. The minimum Gasteiger partial charge on any atom is -0.434 e. The number of hydrogen-bond acceptors (Lipinski definition) is 3. The Morgan fingerprint density at radius 3 is 2.89 bits per heavy atom. The summed E-state index contributed by atoms with van der Waals surface area (Å²) in [5.41, 5.74) is 0.220. The second kappa shape index (κ2) is 5.34. The molecule has 0 spiro atoms. The summed E-state index contributed by atoms with van der Waals surface area (Å²) in [6.07, 6.45) is 1.37. The monoisotopic (exact) mass is 326 g/mol. The highest BCUT2D eigenvalue weighted by molar-refractivity contribution is 9.10. The van der Waals surface area contributed by atoms with E-state index in [4.69, 9.17) is 21.6 Å². The van der Waals surface area contributed by atoms with Crippen molar-refractivity contribution in [3.63, 3.8) is 0 Å². The maximum Gasteiger partial charge on any atom is 0.239 e. The Hall–Kier alpha value is -1.64. The van der Waals surface area contributed by atoms with Crippen LogP contribution in [0, 0.1) is 17.1 Å². The van der Waals surface area contributed by atoms with Gasteiger partial charge in [0.05, 0.1) is 5.56 Å². The number of nitrogens with zero attached hydrogens (tertiary/aromatic N) is 2.